The molecule has 3 aliphatic carbocycles. The van der Waals surface area contributed by atoms with E-state index in [4.69, 9.17) is 6.42 Å². The number of terminal acetylenes is 1. The predicted octanol–water partition coefficient (Wildman–Crippen LogP) is 2.95. The van der Waals surface area contributed by atoms with E-state index in [1.807, 2.05) is 12.3 Å². The number of hydrogen-bond donors (Lipinski definition) is 1. The molecule has 2 saturated carbocycles. The van der Waals surface area contributed by atoms with Crippen LogP contribution in [0.2, 0.25) is 0 Å². The molecule has 2 atom stereocenters. The van der Waals surface area contributed by atoms with Crippen molar-refractivity contribution in [1.29, 1.82) is 0 Å². The Kier molecular flexibility index (Phi) is 2.55. The molecule has 0 aromatic heterocycles. The summed E-state index contributed by atoms with van der Waals surface area (Å²) in [6.07, 6.45) is 15.3. The van der Waals surface area contributed by atoms with Gasteiger partial charge in [0, 0.05) is 23.3 Å². The van der Waals surface area contributed by atoms with Crippen molar-refractivity contribution in [2.45, 2.75) is 44.1 Å². The minimum absolute atomic E-state index is 0.359. The Morgan fingerprint density at radius 1 is 1.35 bits per heavy atom. The Morgan fingerprint density at radius 2 is 2.24 bits per heavy atom. The predicted molar refractivity (Wildman–Crippen MR) is 69.1 cm³/mol. The smallest absolute Gasteiger partial charge is 0.0717 e. The zero-order valence-electron chi connectivity index (χ0n) is 10.1. The van der Waals surface area contributed by atoms with Crippen LogP contribution in [-0.4, -0.2) is 10.5 Å². The van der Waals surface area contributed by atoms with Crippen LogP contribution in [-0.2, 0) is 0 Å². The molecule has 1 aliphatic heterocycles. The molecule has 17 heavy (non-hydrogen) atoms. The molecule has 0 aromatic carbocycles. The molecule has 0 spiro atoms. The van der Waals surface area contributed by atoms with E-state index in [0.29, 0.717) is 5.54 Å². The van der Waals surface area contributed by atoms with Crippen LogP contribution in [0.1, 0.15) is 38.5 Å². The van der Waals surface area contributed by atoms with Crippen LogP contribution in [0.5, 0.6) is 0 Å². The summed E-state index contributed by atoms with van der Waals surface area (Å²) in [6, 6.07) is 6.67. The van der Waals surface area contributed by atoms with Crippen LogP contribution >= 0.6 is 0 Å². The van der Waals surface area contributed by atoms with Crippen molar-refractivity contribution < 1.29 is 0 Å². The van der Waals surface area contributed by atoms with Crippen LogP contribution in [0.15, 0.2) is 18.3 Å². The van der Waals surface area contributed by atoms with Gasteiger partial charge in [0.05, 0.1) is 5.69 Å². The molecule has 88 valence electrons. The number of fused-ring (bicyclic) bond motifs is 3. The summed E-state index contributed by atoms with van der Waals surface area (Å²) >= 11 is 0. The number of aromatic nitrogens is 1. The SMILES string of the molecule is C#CN[C@]12CCC[C@@H](CC1)C2.c1cc2ncc1-2. The third-order valence-corrected chi connectivity index (χ3v) is 4.37. The fourth-order valence-electron chi connectivity index (χ4n) is 3.32. The Hall–Kier alpha value is -1.49. The van der Waals surface area contributed by atoms with Crippen molar-refractivity contribution in [3.63, 3.8) is 0 Å². The highest BCUT2D eigenvalue weighted by molar-refractivity contribution is 5.68. The lowest BCUT2D eigenvalue weighted by Gasteiger charge is -2.32. The third-order valence-electron chi connectivity index (χ3n) is 4.37. The quantitative estimate of drug-likeness (QED) is 0.597. The Bertz CT molecular complexity index is 418. The molecule has 4 rings (SSSR count). The molecule has 0 radical (unpaired) electrons. The lowest BCUT2D eigenvalue weighted by molar-refractivity contribution is 0.277. The molecule has 2 fully saturated rings. The van der Waals surface area contributed by atoms with Crippen LogP contribution in [0.3, 0.4) is 0 Å². The van der Waals surface area contributed by atoms with Crippen LogP contribution in [0.25, 0.3) is 11.3 Å². The number of rotatable bonds is 1. The highest BCUT2D eigenvalue weighted by atomic mass is 15.0. The molecule has 0 unspecified atom stereocenters. The molecule has 2 nitrogen and oxygen atoms in total. The van der Waals surface area contributed by atoms with Crippen molar-refractivity contribution >= 4 is 0 Å². The zero-order valence-corrected chi connectivity index (χ0v) is 10.1. The molecule has 1 heterocycles. The molecular formula is C15H18N2. The minimum atomic E-state index is 0.359. The molecule has 4 aliphatic rings. The molecule has 0 aromatic rings. The van der Waals surface area contributed by atoms with E-state index >= 15 is 0 Å². The van der Waals surface area contributed by atoms with E-state index in [1.54, 1.807) is 0 Å². The lowest BCUT2D eigenvalue weighted by atomic mass is 9.83. The first kappa shape index (κ1) is 10.7. The van der Waals surface area contributed by atoms with E-state index in [1.165, 1.54) is 49.8 Å². The topological polar surface area (TPSA) is 24.9 Å². The molecule has 0 saturated heterocycles. The van der Waals surface area contributed by atoms with Crippen LogP contribution < -0.4 is 5.32 Å². The van der Waals surface area contributed by atoms with Gasteiger partial charge < -0.3 is 5.32 Å². The van der Waals surface area contributed by atoms with Gasteiger partial charge in [0.1, 0.15) is 0 Å². The molecule has 2 heteroatoms. The maximum Gasteiger partial charge on any atom is 0.0717 e. The van der Waals surface area contributed by atoms with Gasteiger partial charge in [0.25, 0.3) is 0 Å². The second-order valence-electron chi connectivity index (χ2n) is 5.48. The molecule has 0 amide bonds. The van der Waals surface area contributed by atoms with Crippen molar-refractivity contribution in [2.24, 2.45) is 5.92 Å². The fourth-order valence-corrected chi connectivity index (χ4v) is 3.32. The van der Waals surface area contributed by atoms with E-state index in [2.05, 4.69) is 22.4 Å². The Labute approximate surface area is 103 Å². The molecular weight excluding hydrogens is 208 g/mol. The van der Waals surface area contributed by atoms with Gasteiger partial charge in [0.2, 0.25) is 0 Å². The van der Waals surface area contributed by atoms with Gasteiger partial charge in [-0.1, -0.05) is 19.3 Å². The summed E-state index contributed by atoms with van der Waals surface area (Å²) in [5, 5.41) is 3.22. The summed E-state index contributed by atoms with van der Waals surface area (Å²) in [7, 11) is 0. The number of nitrogens with zero attached hydrogens (tertiary/aromatic N) is 1. The van der Waals surface area contributed by atoms with Gasteiger partial charge >= 0.3 is 0 Å². The van der Waals surface area contributed by atoms with E-state index in [9.17, 15) is 0 Å². The first-order valence-corrected chi connectivity index (χ1v) is 6.51. The highest BCUT2D eigenvalue weighted by Gasteiger charge is 2.41. The first-order valence-electron chi connectivity index (χ1n) is 6.51. The van der Waals surface area contributed by atoms with Crippen molar-refractivity contribution in [1.82, 2.24) is 10.3 Å². The summed E-state index contributed by atoms with van der Waals surface area (Å²) in [5.74, 6) is 0.976. The third kappa shape index (κ3) is 1.91. The van der Waals surface area contributed by atoms with Crippen LogP contribution in [0.4, 0.5) is 0 Å². The van der Waals surface area contributed by atoms with Gasteiger partial charge in [-0.2, -0.15) is 0 Å². The summed E-state index contributed by atoms with van der Waals surface area (Å²) < 4.78 is 0. The Morgan fingerprint density at radius 3 is 2.76 bits per heavy atom. The Balaban J connectivity index is 0.000000125. The lowest BCUT2D eigenvalue weighted by Crippen LogP contribution is -2.41. The summed E-state index contributed by atoms with van der Waals surface area (Å²) in [5.41, 5.74) is 2.85. The fraction of sp³-hybridized carbons (Fsp3) is 0.533. The van der Waals surface area contributed by atoms with E-state index in [0.717, 1.165) is 5.92 Å². The first-order chi connectivity index (χ1) is 8.31. The summed E-state index contributed by atoms with van der Waals surface area (Å²) in [6.45, 7) is 0. The van der Waals surface area contributed by atoms with E-state index in [-0.39, 0.29) is 0 Å². The normalized spacial score (nSPS) is 30.9. The van der Waals surface area contributed by atoms with E-state index < -0.39 is 0 Å². The second-order valence-corrected chi connectivity index (χ2v) is 5.48. The highest BCUT2D eigenvalue weighted by Crippen LogP contribution is 2.44. The maximum atomic E-state index is 5.28. The maximum absolute atomic E-state index is 5.28. The van der Waals surface area contributed by atoms with Crippen molar-refractivity contribution in [3.05, 3.63) is 18.3 Å². The molecule has 2 bridgehead atoms. The minimum Gasteiger partial charge on any atom is -0.340 e. The average molecular weight is 226 g/mol. The monoisotopic (exact) mass is 226 g/mol. The average Bonchev–Trinajstić information content (AvgIpc) is 2.60. The van der Waals surface area contributed by atoms with Gasteiger partial charge in [0.15, 0.2) is 0 Å². The van der Waals surface area contributed by atoms with Gasteiger partial charge in [-0.3, -0.25) is 4.98 Å². The number of nitrogens with one attached hydrogen (secondary N) is 1. The van der Waals surface area contributed by atoms with Gasteiger partial charge in [-0.15, -0.1) is 0 Å². The number of hydrogen-bond acceptors (Lipinski definition) is 2. The second kappa shape index (κ2) is 4.07. The number of pyridine rings is 1. The zero-order chi connectivity index (χ0) is 11.7. The molecule has 1 N–H and O–H groups in total. The van der Waals surface area contributed by atoms with Gasteiger partial charge in [-0.25, -0.2) is 0 Å². The summed E-state index contributed by atoms with van der Waals surface area (Å²) in [4.78, 5) is 3.91. The van der Waals surface area contributed by atoms with Crippen LogP contribution in [0, 0.1) is 18.4 Å². The van der Waals surface area contributed by atoms with Crippen molar-refractivity contribution in [2.75, 3.05) is 0 Å². The van der Waals surface area contributed by atoms with Gasteiger partial charge in [-0.05, 0) is 43.7 Å². The van der Waals surface area contributed by atoms with Crippen molar-refractivity contribution in [3.8, 4) is 23.7 Å². The largest absolute Gasteiger partial charge is 0.340 e. The standard InChI is InChI=1S/C10H15N.C5H3N/c1-2-11-10-6-3-4-9(8-10)5-7-10;1-2-5-4(1)3-6-5/h1,9,11H,3-8H2;1-3H/t9-,10+;/m0./s1.